The van der Waals surface area contributed by atoms with Crippen molar-refractivity contribution in [3.63, 3.8) is 0 Å². The van der Waals surface area contributed by atoms with Crippen molar-refractivity contribution >= 4 is 15.9 Å². The summed E-state index contributed by atoms with van der Waals surface area (Å²) in [5, 5.41) is 10.8. The number of benzene rings is 3. The molecule has 0 aliphatic heterocycles. The molecule has 0 fully saturated rings. The Morgan fingerprint density at radius 3 is 2.16 bits per heavy atom. The number of sulfone groups is 1. The van der Waals surface area contributed by atoms with E-state index in [1.807, 2.05) is 60.7 Å². The standard InChI is InChI=1S/C26H28O5S/c1-30-23-15-12-22(13-16-23)20-31-26(17-14-21-8-4-2-5-9-21)25(27)18-19-32(28,29)24-10-6-3-7-11-24/h2-17,25-27H,18-20H2,1H3/b17-14+/t25-,26-/m0/s1. The lowest BCUT2D eigenvalue weighted by Crippen LogP contribution is -2.29. The fourth-order valence-corrected chi connectivity index (χ4v) is 4.52. The van der Waals surface area contributed by atoms with Crippen LogP contribution in [-0.4, -0.2) is 38.6 Å². The maximum absolute atomic E-state index is 12.6. The van der Waals surface area contributed by atoms with Gasteiger partial charge in [-0.05, 0) is 41.8 Å². The van der Waals surface area contributed by atoms with Crippen molar-refractivity contribution in [2.24, 2.45) is 0 Å². The van der Waals surface area contributed by atoms with Crippen LogP contribution in [0.2, 0.25) is 0 Å². The molecule has 1 N–H and O–H groups in total. The van der Waals surface area contributed by atoms with Gasteiger partial charge in [0.1, 0.15) is 11.9 Å². The van der Waals surface area contributed by atoms with Crippen LogP contribution in [0.4, 0.5) is 0 Å². The van der Waals surface area contributed by atoms with Crippen LogP contribution in [0.15, 0.2) is 95.9 Å². The van der Waals surface area contributed by atoms with Crippen molar-refractivity contribution in [2.75, 3.05) is 12.9 Å². The summed E-state index contributed by atoms with van der Waals surface area (Å²) in [6, 6.07) is 25.4. The summed E-state index contributed by atoms with van der Waals surface area (Å²) in [7, 11) is -1.88. The van der Waals surface area contributed by atoms with Gasteiger partial charge >= 0.3 is 0 Å². The molecule has 0 aromatic heterocycles. The van der Waals surface area contributed by atoms with Crippen molar-refractivity contribution in [1.82, 2.24) is 0 Å². The largest absolute Gasteiger partial charge is 0.497 e. The Morgan fingerprint density at radius 1 is 0.906 bits per heavy atom. The van der Waals surface area contributed by atoms with E-state index in [2.05, 4.69) is 0 Å². The van der Waals surface area contributed by atoms with Crippen molar-refractivity contribution in [3.05, 3.63) is 102 Å². The molecule has 0 aliphatic rings. The number of aliphatic hydroxyl groups is 1. The topological polar surface area (TPSA) is 72.8 Å². The molecule has 0 heterocycles. The van der Waals surface area contributed by atoms with Crippen molar-refractivity contribution in [1.29, 1.82) is 0 Å². The molecule has 168 valence electrons. The summed E-state index contributed by atoms with van der Waals surface area (Å²) in [6.45, 7) is 0.274. The Kier molecular flexibility index (Phi) is 8.62. The molecular weight excluding hydrogens is 424 g/mol. The van der Waals surface area contributed by atoms with Gasteiger partial charge in [0.2, 0.25) is 0 Å². The molecule has 2 atom stereocenters. The second-order valence-electron chi connectivity index (χ2n) is 7.38. The molecule has 0 saturated heterocycles. The average Bonchev–Trinajstić information content (AvgIpc) is 2.84. The number of hydrogen-bond acceptors (Lipinski definition) is 5. The average molecular weight is 453 g/mol. The van der Waals surface area contributed by atoms with Gasteiger partial charge in [-0.2, -0.15) is 0 Å². The molecule has 3 aromatic carbocycles. The zero-order chi connectivity index (χ0) is 22.8. The van der Waals surface area contributed by atoms with E-state index in [4.69, 9.17) is 9.47 Å². The quantitative estimate of drug-likeness (QED) is 0.463. The van der Waals surface area contributed by atoms with Gasteiger partial charge in [-0.3, -0.25) is 0 Å². The molecule has 0 radical (unpaired) electrons. The smallest absolute Gasteiger partial charge is 0.178 e. The number of methoxy groups -OCH3 is 1. The number of aliphatic hydroxyl groups excluding tert-OH is 1. The molecule has 3 aromatic rings. The molecule has 5 nitrogen and oxygen atoms in total. The Hall–Kier alpha value is -2.93. The molecular formula is C26H28O5S. The summed E-state index contributed by atoms with van der Waals surface area (Å²) in [6.07, 6.45) is 2.06. The first kappa shape index (κ1) is 23.7. The Labute approximate surface area is 189 Å². The highest BCUT2D eigenvalue weighted by molar-refractivity contribution is 7.91. The molecule has 0 aliphatic carbocycles. The van der Waals surface area contributed by atoms with Gasteiger partial charge in [-0.1, -0.05) is 72.8 Å². The van der Waals surface area contributed by atoms with E-state index >= 15 is 0 Å². The first-order valence-electron chi connectivity index (χ1n) is 10.4. The normalized spacial score (nSPS) is 13.7. The Bertz CT molecular complexity index is 1080. The summed E-state index contributed by atoms with van der Waals surface area (Å²) in [4.78, 5) is 0.253. The van der Waals surface area contributed by atoms with Crippen LogP contribution < -0.4 is 4.74 Å². The summed E-state index contributed by atoms with van der Waals surface area (Å²) >= 11 is 0. The van der Waals surface area contributed by atoms with Gasteiger partial charge in [-0.25, -0.2) is 8.42 Å². The highest BCUT2D eigenvalue weighted by atomic mass is 32.2. The number of hydrogen-bond donors (Lipinski definition) is 1. The minimum atomic E-state index is -3.48. The highest BCUT2D eigenvalue weighted by Gasteiger charge is 2.22. The van der Waals surface area contributed by atoms with Gasteiger partial charge in [-0.15, -0.1) is 0 Å². The van der Waals surface area contributed by atoms with Crippen molar-refractivity contribution in [2.45, 2.75) is 30.1 Å². The summed E-state index contributed by atoms with van der Waals surface area (Å²) in [5.74, 6) is 0.583. The van der Waals surface area contributed by atoms with Crippen LogP contribution in [0.25, 0.3) is 6.08 Å². The molecule has 0 unspecified atom stereocenters. The van der Waals surface area contributed by atoms with E-state index in [0.29, 0.717) is 0 Å². The van der Waals surface area contributed by atoms with Crippen LogP contribution in [0.3, 0.4) is 0 Å². The molecule has 0 spiro atoms. The third-order valence-electron chi connectivity index (χ3n) is 5.04. The Morgan fingerprint density at radius 2 is 1.53 bits per heavy atom. The molecule has 0 bridgehead atoms. The van der Waals surface area contributed by atoms with E-state index in [-0.39, 0.29) is 23.7 Å². The third kappa shape index (κ3) is 7.05. The van der Waals surface area contributed by atoms with Gasteiger partial charge in [0.05, 0.1) is 30.5 Å². The van der Waals surface area contributed by atoms with Crippen LogP contribution in [-0.2, 0) is 21.2 Å². The SMILES string of the molecule is COc1ccc(CO[C@@H](/C=C/c2ccccc2)[C@@H](O)CCS(=O)(=O)c2ccccc2)cc1. The Balaban J connectivity index is 1.69. The lowest BCUT2D eigenvalue weighted by molar-refractivity contribution is -0.0188. The van der Waals surface area contributed by atoms with Gasteiger partial charge in [0.25, 0.3) is 0 Å². The minimum Gasteiger partial charge on any atom is -0.497 e. The fourth-order valence-electron chi connectivity index (χ4n) is 3.17. The predicted molar refractivity (Wildman–Crippen MR) is 126 cm³/mol. The van der Waals surface area contributed by atoms with E-state index < -0.39 is 22.0 Å². The molecule has 6 heteroatoms. The maximum atomic E-state index is 12.6. The van der Waals surface area contributed by atoms with E-state index in [1.54, 1.807) is 43.5 Å². The number of ether oxygens (including phenoxy) is 2. The monoisotopic (exact) mass is 452 g/mol. The second-order valence-corrected chi connectivity index (χ2v) is 9.49. The predicted octanol–water partition coefficient (Wildman–Crippen LogP) is 4.52. The van der Waals surface area contributed by atoms with E-state index in [0.717, 1.165) is 16.9 Å². The molecule has 0 amide bonds. The highest BCUT2D eigenvalue weighted by Crippen LogP contribution is 2.18. The van der Waals surface area contributed by atoms with Crippen molar-refractivity contribution < 1.29 is 23.0 Å². The lowest BCUT2D eigenvalue weighted by Gasteiger charge is -2.21. The molecule has 32 heavy (non-hydrogen) atoms. The summed E-state index contributed by atoms with van der Waals surface area (Å²) in [5.41, 5.74) is 1.89. The zero-order valence-electron chi connectivity index (χ0n) is 18.0. The van der Waals surface area contributed by atoms with Gasteiger partial charge < -0.3 is 14.6 Å². The summed E-state index contributed by atoms with van der Waals surface area (Å²) < 4.78 is 36.3. The number of rotatable bonds is 11. The van der Waals surface area contributed by atoms with Crippen LogP contribution in [0, 0.1) is 0 Å². The first-order valence-corrected chi connectivity index (χ1v) is 12.1. The van der Waals surface area contributed by atoms with Crippen LogP contribution in [0.5, 0.6) is 5.75 Å². The van der Waals surface area contributed by atoms with Crippen LogP contribution >= 0.6 is 0 Å². The van der Waals surface area contributed by atoms with E-state index in [1.165, 1.54) is 0 Å². The van der Waals surface area contributed by atoms with Crippen molar-refractivity contribution in [3.8, 4) is 5.75 Å². The van der Waals surface area contributed by atoms with E-state index in [9.17, 15) is 13.5 Å². The van der Waals surface area contributed by atoms with Crippen LogP contribution in [0.1, 0.15) is 17.5 Å². The molecule has 0 saturated carbocycles. The zero-order valence-corrected chi connectivity index (χ0v) is 18.8. The third-order valence-corrected chi connectivity index (χ3v) is 6.81. The van der Waals surface area contributed by atoms with Gasteiger partial charge in [0.15, 0.2) is 9.84 Å². The maximum Gasteiger partial charge on any atom is 0.178 e. The first-order chi connectivity index (χ1) is 15.5. The van der Waals surface area contributed by atoms with Gasteiger partial charge in [0, 0.05) is 0 Å². The molecule has 3 rings (SSSR count). The second kappa shape index (κ2) is 11.6. The fraction of sp³-hybridized carbons (Fsp3) is 0.231. The lowest BCUT2D eigenvalue weighted by atomic mass is 10.1. The minimum absolute atomic E-state index is 0.0592.